The Hall–Kier alpha value is -1.56. The van der Waals surface area contributed by atoms with Gasteiger partial charge in [0.25, 0.3) is 0 Å². The predicted octanol–water partition coefficient (Wildman–Crippen LogP) is 7.08. The first-order valence-electron chi connectivity index (χ1n) is 9.03. The van der Waals surface area contributed by atoms with E-state index in [9.17, 15) is 0 Å². The first-order valence-corrected chi connectivity index (χ1v) is 9.03. The van der Waals surface area contributed by atoms with Gasteiger partial charge in [-0.15, -0.1) is 0 Å². The fraction of sp³-hybridized carbons (Fsp3) is 0.455. The van der Waals surface area contributed by atoms with E-state index in [0.29, 0.717) is 0 Å². The molecule has 0 aliphatic rings. The fourth-order valence-corrected chi connectivity index (χ4v) is 3.02. The standard InChI is InChI=1S/C22H30/c1-2-3-4-5-6-7-8-9-10-11-15-20-17-14-18-21-16-12-13-19-22(20)21/h10-14,16-19H,2-9,15H2,1H3/b11-10+. The Morgan fingerprint density at radius 1 is 0.727 bits per heavy atom. The molecule has 0 atom stereocenters. The van der Waals surface area contributed by atoms with Crippen molar-refractivity contribution in [2.24, 2.45) is 0 Å². The maximum absolute atomic E-state index is 2.37. The number of hydrogen-bond donors (Lipinski definition) is 0. The van der Waals surface area contributed by atoms with Gasteiger partial charge in [0.15, 0.2) is 0 Å². The summed E-state index contributed by atoms with van der Waals surface area (Å²) in [5.74, 6) is 0. The molecule has 0 unspecified atom stereocenters. The zero-order chi connectivity index (χ0) is 15.5. The Labute approximate surface area is 136 Å². The molecule has 118 valence electrons. The third-order valence-corrected chi connectivity index (χ3v) is 4.36. The monoisotopic (exact) mass is 294 g/mol. The first kappa shape index (κ1) is 16.8. The van der Waals surface area contributed by atoms with Crippen LogP contribution in [0.2, 0.25) is 0 Å². The van der Waals surface area contributed by atoms with Crippen molar-refractivity contribution in [3.05, 3.63) is 60.2 Å². The van der Waals surface area contributed by atoms with Crippen molar-refractivity contribution >= 4 is 10.8 Å². The van der Waals surface area contributed by atoms with E-state index in [-0.39, 0.29) is 0 Å². The fourth-order valence-electron chi connectivity index (χ4n) is 3.02. The second kappa shape index (κ2) is 10.2. The van der Waals surface area contributed by atoms with Gasteiger partial charge in [-0.2, -0.15) is 0 Å². The largest absolute Gasteiger partial charge is 0.0882 e. The number of hydrogen-bond acceptors (Lipinski definition) is 0. The Kier molecular flexibility index (Phi) is 7.80. The molecule has 0 saturated carbocycles. The van der Waals surface area contributed by atoms with Crippen molar-refractivity contribution in [3.8, 4) is 0 Å². The second-order valence-electron chi connectivity index (χ2n) is 6.22. The van der Waals surface area contributed by atoms with E-state index in [2.05, 4.69) is 61.5 Å². The molecule has 0 radical (unpaired) electrons. The number of rotatable bonds is 10. The summed E-state index contributed by atoms with van der Waals surface area (Å²) in [5.41, 5.74) is 1.44. The lowest BCUT2D eigenvalue weighted by Gasteiger charge is -2.03. The maximum atomic E-state index is 2.37. The van der Waals surface area contributed by atoms with Gasteiger partial charge in [0.1, 0.15) is 0 Å². The van der Waals surface area contributed by atoms with Crippen LogP contribution in [0.3, 0.4) is 0 Å². The van der Waals surface area contributed by atoms with Gasteiger partial charge in [-0.1, -0.05) is 100 Å². The van der Waals surface area contributed by atoms with Crippen LogP contribution in [0.25, 0.3) is 10.8 Å². The van der Waals surface area contributed by atoms with E-state index < -0.39 is 0 Å². The molecule has 2 aromatic rings. The van der Waals surface area contributed by atoms with Crippen LogP contribution in [0.15, 0.2) is 54.6 Å². The van der Waals surface area contributed by atoms with Crippen molar-refractivity contribution in [1.82, 2.24) is 0 Å². The number of unbranched alkanes of at least 4 members (excludes halogenated alkanes) is 7. The molecule has 2 aromatic carbocycles. The maximum Gasteiger partial charge on any atom is -0.00913 e. The quantitative estimate of drug-likeness (QED) is 0.324. The topological polar surface area (TPSA) is 0 Å². The smallest absolute Gasteiger partial charge is 0.00913 e. The number of benzene rings is 2. The molecule has 0 amide bonds. The molecule has 0 N–H and O–H groups in total. The highest BCUT2D eigenvalue weighted by molar-refractivity contribution is 5.85. The van der Waals surface area contributed by atoms with Gasteiger partial charge in [-0.3, -0.25) is 0 Å². The summed E-state index contributed by atoms with van der Waals surface area (Å²) in [5, 5.41) is 2.74. The summed E-state index contributed by atoms with van der Waals surface area (Å²) in [6.07, 6.45) is 16.8. The molecule has 22 heavy (non-hydrogen) atoms. The van der Waals surface area contributed by atoms with Gasteiger partial charge < -0.3 is 0 Å². The van der Waals surface area contributed by atoms with Gasteiger partial charge in [0.05, 0.1) is 0 Å². The molecule has 0 heterocycles. The van der Waals surface area contributed by atoms with E-state index in [1.807, 2.05) is 0 Å². The number of fused-ring (bicyclic) bond motifs is 1. The lowest BCUT2D eigenvalue weighted by atomic mass is 10.0. The number of allylic oxidation sites excluding steroid dienone is 2. The SMILES string of the molecule is CCCCCCCCC/C=C/Cc1cccc2ccccc12. The van der Waals surface area contributed by atoms with Gasteiger partial charge in [0, 0.05) is 0 Å². The minimum atomic E-state index is 1.05. The van der Waals surface area contributed by atoms with Gasteiger partial charge >= 0.3 is 0 Å². The Balaban J connectivity index is 1.67. The summed E-state index contributed by atoms with van der Waals surface area (Å²) < 4.78 is 0. The molecule has 0 aromatic heterocycles. The molecule has 0 heteroatoms. The summed E-state index contributed by atoms with van der Waals surface area (Å²) in [6.45, 7) is 2.28. The van der Waals surface area contributed by atoms with Gasteiger partial charge in [-0.25, -0.2) is 0 Å². The highest BCUT2D eigenvalue weighted by Crippen LogP contribution is 2.19. The summed E-state index contributed by atoms with van der Waals surface area (Å²) in [7, 11) is 0. The second-order valence-corrected chi connectivity index (χ2v) is 6.22. The van der Waals surface area contributed by atoms with Crippen molar-refractivity contribution in [2.75, 3.05) is 0 Å². The van der Waals surface area contributed by atoms with Crippen LogP contribution in [0.4, 0.5) is 0 Å². The lowest BCUT2D eigenvalue weighted by molar-refractivity contribution is 0.592. The molecule has 0 aliphatic carbocycles. The molecular formula is C22H30. The molecular weight excluding hydrogens is 264 g/mol. The molecule has 0 spiro atoms. The predicted molar refractivity (Wildman–Crippen MR) is 99.4 cm³/mol. The first-order chi connectivity index (χ1) is 10.9. The minimum absolute atomic E-state index is 1.05. The third kappa shape index (κ3) is 5.67. The van der Waals surface area contributed by atoms with Crippen molar-refractivity contribution in [2.45, 2.75) is 64.7 Å². The van der Waals surface area contributed by atoms with Gasteiger partial charge in [-0.05, 0) is 35.6 Å². The van der Waals surface area contributed by atoms with Crippen LogP contribution in [0.5, 0.6) is 0 Å². The van der Waals surface area contributed by atoms with E-state index in [1.54, 1.807) is 0 Å². The van der Waals surface area contributed by atoms with E-state index >= 15 is 0 Å². The Bertz CT molecular complexity index is 560. The van der Waals surface area contributed by atoms with Crippen LogP contribution in [0, 0.1) is 0 Å². The molecule has 0 aliphatic heterocycles. The van der Waals surface area contributed by atoms with E-state index in [0.717, 1.165) is 6.42 Å². The molecule has 0 saturated heterocycles. The molecule has 2 rings (SSSR count). The van der Waals surface area contributed by atoms with Gasteiger partial charge in [0.2, 0.25) is 0 Å². The Morgan fingerprint density at radius 3 is 2.32 bits per heavy atom. The highest BCUT2D eigenvalue weighted by Gasteiger charge is 1.97. The zero-order valence-corrected chi connectivity index (χ0v) is 14.1. The third-order valence-electron chi connectivity index (χ3n) is 4.36. The highest BCUT2D eigenvalue weighted by atomic mass is 14.0. The van der Waals surface area contributed by atoms with Crippen molar-refractivity contribution in [3.63, 3.8) is 0 Å². The van der Waals surface area contributed by atoms with Crippen LogP contribution in [-0.2, 0) is 6.42 Å². The van der Waals surface area contributed by atoms with E-state index in [1.165, 1.54) is 67.7 Å². The van der Waals surface area contributed by atoms with Crippen LogP contribution >= 0.6 is 0 Å². The van der Waals surface area contributed by atoms with Crippen molar-refractivity contribution in [1.29, 1.82) is 0 Å². The summed E-state index contributed by atoms with van der Waals surface area (Å²) >= 11 is 0. The summed E-state index contributed by atoms with van der Waals surface area (Å²) in [6, 6.07) is 15.3. The van der Waals surface area contributed by atoms with Crippen LogP contribution < -0.4 is 0 Å². The van der Waals surface area contributed by atoms with Crippen LogP contribution in [-0.4, -0.2) is 0 Å². The van der Waals surface area contributed by atoms with Crippen LogP contribution in [0.1, 0.15) is 63.9 Å². The average molecular weight is 294 g/mol. The minimum Gasteiger partial charge on any atom is -0.0882 e. The normalized spacial score (nSPS) is 11.5. The zero-order valence-electron chi connectivity index (χ0n) is 14.1. The summed E-state index contributed by atoms with van der Waals surface area (Å²) in [4.78, 5) is 0. The molecule has 0 bridgehead atoms. The average Bonchev–Trinajstić information content (AvgIpc) is 2.56. The Morgan fingerprint density at radius 2 is 1.45 bits per heavy atom. The van der Waals surface area contributed by atoms with E-state index in [4.69, 9.17) is 0 Å². The lowest BCUT2D eigenvalue weighted by Crippen LogP contribution is -1.84. The molecule has 0 nitrogen and oxygen atoms in total. The molecule has 0 fully saturated rings. The van der Waals surface area contributed by atoms with Crippen molar-refractivity contribution < 1.29 is 0 Å².